The minimum Gasteiger partial charge on any atom is -0.357 e. The van der Waals surface area contributed by atoms with Crippen molar-refractivity contribution in [1.82, 2.24) is 20.2 Å². The molecular formula is C11H18N4O. The summed E-state index contributed by atoms with van der Waals surface area (Å²) in [6.45, 7) is 2.57. The lowest BCUT2D eigenvalue weighted by Crippen LogP contribution is -2.29. The fraction of sp³-hybridized carbons (Fsp3) is 0.545. The van der Waals surface area contributed by atoms with Crippen molar-refractivity contribution in [3.8, 4) is 0 Å². The Kier molecular flexibility index (Phi) is 6.10. The number of likely N-dealkylation sites (N-methyl/N-ethyl adjacent to an activating group) is 1. The van der Waals surface area contributed by atoms with E-state index >= 15 is 0 Å². The van der Waals surface area contributed by atoms with Crippen LogP contribution < -0.4 is 5.32 Å². The van der Waals surface area contributed by atoms with Gasteiger partial charge in [-0.1, -0.05) is 0 Å². The summed E-state index contributed by atoms with van der Waals surface area (Å²) in [5.74, 6) is 0. The zero-order valence-electron chi connectivity index (χ0n) is 9.59. The number of carbonyl (C=O) groups excluding carboxylic acids is 1. The molecule has 88 valence electrons. The Morgan fingerprint density at radius 3 is 3.00 bits per heavy atom. The summed E-state index contributed by atoms with van der Waals surface area (Å²) in [6.07, 6.45) is 7.92. The molecule has 16 heavy (non-hydrogen) atoms. The molecule has 0 bridgehead atoms. The maximum absolute atomic E-state index is 10.0. The van der Waals surface area contributed by atoms with Crippen molar-refractivity contribution in [3.63, 3.8) is 0 Å². The SMILES string of the molecule is CN(CCCc1cnccn1)CCNC=O. The number of aryl methyl sites for hydroxylation is 1. The van der Waals surface area contributed by atoms with E-state index in [0.717, 1.165) is 38.0 Å². The zero-order chi connectivity index (χ0) is 11.6. The molecule has 0 aromatic carbocycles. The standard InChI is InChI=1S/C11H18N4O/c1-15(8-6-13-10-16)7-2-3-11-9-12-4-5-14-11/h4-5,9-10H,2-3,6-8H2,1H3,(H,13,16). The Morgan fingerprint density at radius 1 is 1.44 bits per heavy atom. The van der Waals surface area contributed by atoms with E-state index in [1.54, 1.807) is 18.6 Å². The third-order valence-corrected chi connectivity index (χ3v) is 2.31. The van der Waals surface area contributed by atoms with Crippen molar-refractivity contribution in [1.29, 1.82) is 0 Å². The average Bonchev–Trinajstić information content (AvgIpc) is 2.31. The highest BCUT2D eigenvalue weighted by Gasteiger charge is 1.99. The normalized spacial score (nSPS) is 10.4. The van der Waals surface area contributed by atoms with Crippen molar-refractivity contribution in [2.75, 3.05) is 26.7 Å². The van der Waals surface area contributed by atoms with Crippen LogP contribution in [0.15, 0.2) is 18.6 Å². The predicted octanol–water partition coefficient (Wildman–Crippen LogP) is 0.0870. The van der Waals surface area contributed by atoms with Crippen LogP contribution in [0.4, 0.5) is 0 Å². The van der Waals surface area contributed by atoms with Gasteiger partial charge in [-0.3, -0.25) is 14.8 Å². The summed E-state index contributed by atoms with van der Waals surface area (Å²) in [4.78, 5) is 20.5. The second kappa shape index (κ2) is 7.76. The van der Waals surface area contributed by atoms with E-state index < -0.39 is 0 Å². The van der Waals surface area contributed by atoms with E-state index in [1.807, 2.05) is 7.05 Å². The number of carbonyl (C=O) groups is 1. The fourth-order valence-electron chi connectivity index (χ4n) is 1.42. The molecule has 5 heteroatoms. The molecule has 0 fully saturated rings. The Morgan fingerprint density at radius 2 is 2.31 bits per heavy atom. The van der Waals surface area contributed by atoms with Crippen LogP contribution in [0.5, 0.6) is 0 Å². The molecule has 1 heterocycles. The van der Waals surface area contributed by atoms with Crippen LogP contribution in [0.25, 0.3) is 0 Å². The van der Waals surface area contributed by atoms with Gasteiger partial charge in [0.25, 0.3) is 0 Å². The Labute approximate surface area is 95.9 Å². The van der Waals surface area contributed by atoms with Crippen LogP contribution in [-0.4, -0.2) is 48.0 Å². The van der Waals surface area contributed by atoms with E-state index in [9.17, 15) is 4.79 Å². The quantitative estimate of drug-likeness (QED) is 0.500. The van der Waals surface area contributed by atoms with Crippen molar-refractivity contribution < 1.29 is 4.79 Å². The number of aromatic nitrogens is 2. The largest absolute Gasteiger partial charge is 0.357 e. The van der Waals surface area contributed by atoms with Crippen molar-refractivity contribution >= 4 is 6.41 Å². The van der Waals surface area contributed by atoms with Crippen molar-refractivity contribution in [3.05, 3.63) is 24.3 Å². The molecular weight excluding hydrogens is 204 g/mol. The van der Waals surface area contributed by atoms with Gasteiger partial charge >= 0.3 is 0 Å². The number of amides is 1. The second-order valence-corrected chi connectivity index (χ2v) is 3.68. The summed E-state index contributed by atoms with van der Waals surface area (Å²) in [5.41, 5.74) is 1.03. The van der Waals surface area contributed by atoms with Crippen molar-refractivity contribution in [2.24, 2.45) is 0 Å². The first-order valence-electron chi connectivity index (χ1n) is 5.43. The molecule has 0 saturated carbocycles. The van der Waals surface area contributed by atoms with Gasteiger partial charge in [-0.25, -0.2) is 0 Å². The highest BCUT2D eigenvalue weighted by atomic mass is 16.1. The van der Waals surface area contributed by atoms with Crippen molar-refractivity contribution in [2.45, 2.75) is 12.8 Å². The van der Waals surface area contributed by atoms with E-state index in [2.05, 4.69) is 20.2 Å². The van der Waals surface area contributed by atoms with Gasteiger partial charge in [0.1, 0.15) is 0 Å². The van der Waals surface area contributed by atoms with Gasteiger partial charge in [0.15, 0.2) is 0 Å². The first-order chi connectivity index (χ1) is 7.83. The van der Waals surface area contributed by atoms with Crippen LogP contribution in [0.3, 0.4) is 0 Å². The second-order valence-electron chi connectivity index (χ2n) is 3.68. The molecule has 5 nitrogen and oxygen atoms in total. The Bertz CT molecular complexity index is 291. The van der Waals surface area contributed by atoms with E-state index in [1.165, 1.54) is 0 Å². The Balaban J connectivity index is 2.08. The summed E-state index contributed by atoms with van der Waals surface area (Å²) in [6, 6.07) is 0. The highest BCUT2D eigenvalue weighted by Crippen LogP contribution is 1.97. The molecule has 1 rings (SSSR count). The number of rotatable bonds is 8. The average molecular weight is 222 g/mol. The maximum Gasteiger partial charge on any atom is 0.207 e. The third-order valence-electron chi connectivity index (χ3n) is 2.31. The topological polar surface area (TPSA) is 58.1 Å². The molecule has 1 N–H and O–H groups in total. The minimum atomic E-state index is 0.700. The lowest BCUT2D eigenvalue weighted by Gasteiger charge is -2.15. The molecule has 0 atom stereocenters. The third kappa shape index (κ3) is 5.41. The number of hydrogen-bond donors (Lipinski definition) is 1. The van der Waals surface area contributed by atoms with Crippen LogP contribution >= 0.6 is 0 Å². The molecule has 0 aliphatic carbocycles. The number of nitrogens with zero attached hydrogens (tertiary/aromatic N) is 3. The van der Waals surface area contributed by atoms with Crippen LogP contribution in [-0.2, 0) is 11.2 Å². The lowest BCUT2D eigenvalue weighted by atomic mass is 10.2. The van der Waals surface area contributed by atoms with Gasteiger partial charge in [-0.2, -0.15) is 0 Å². The van der Waals surface area contributed by atoms with Gasteiger partial charge in [0.2, 0.25) is 6.41 Å². The summed E-state index contributed by atoms with van der Waals surface area (Å²) in [7, 11) is 2.04. The predicted molar refractivity (Wildman–Crippen MR) is 61.9 cm³/mol. The van der Waals surface area contributed by atoms with Gasteiger partial charge in [-0.15, -0.1) is 0 Å². The maximum atomic E-state index is 10.0. The monoisotopic (exact) mass is 222 g/mol. The van der Waals surface area contributed by atoms with Gasteiger partial charge < -0.3 is 10.2 Å². The smallest absolute Gasteiger partial charge is 0.207 e. The van der Waals surface area contributed by atoms with Crippen LogP contribution in [0, 0.1) is 0 Å². The first kappa shape index (κ1) is 12.6. The van der Waals surface area contributed by atoms with Crippen LogP contribution in [0.1, 0.15) is 12.1 Å². The minimum absolute atomic E-state index is 0.700. The number of nitrogens with one attached hydrogen (secondary N) is 1. The highest BCUT2D eigenvalue weighted by molar-refractivity contribution is 5.45. The van der Waals surface area contributed by atoms with E-state index in [-0.39, 0.29) is 0 Å². The molecule has 0 unspecified atom stereocenters. The molecule has 1 aromatic rings. The van der Waals surface area contributed by atoms with E-state index in [4.69, 9.17) is 0 Å². The summed E-state index contributed by atoms with van der Waals surface area (Å²) >= 11 is 0. The molecule has 0 radical (unpaired) electrons. The van der Waals surface area contributed by atoms with Gasteiger partial charge in [0.05, 0.1) is 5.69 Å². The lowest BCUT2D eigenvalue weighted by molar-refractivity contribution is -0.109. The summed E-state index contributed by atoms with van der Waals surface area (Å²) in [5, 5.41) is 2.64. The summed E-state index contributed by atoms with van der Waals surface area (Å²) < 4.78 is 0. The zero-order valence-corrected chi connectivity index (χ0v) is 9.59. The number of hydrogen-bond acceptors (Lipinski definition) is 4. The molecule has 0 spiro atoms. The Hall–Kier alpha value is -1.49. The van der Waals surface area contributed by atoms with E-state index in [0.29, 0.717) is 6.54 Å². The van der Waals surface area contributed by atoms with Crippen LogP contribution in [0.2, 0.25) is 0 Å². The van der Waals surface area contributed by atoms with Gasteiger partial charge in [-0.05, 0) is 26.4 Å². The fourth-order valence-corrected chi connectivity index (χ4v) is 1.42. The molecule has 0 aliphatic heterocycles. The first-order valence-corrected chi connectivity index (χ1v) is 5.43. The molecule has 0 aliphatic rings. The van der Waals surface area contributed by atoms with Gasteiger partial charge in [0, 0.05) is 31.7 Å². The molecule has 1 aromatic heterocycles. The molecule has 1 amide bonds. The molecule has 0 saturated heterocycles.